The Bertz CT molecular complexity index is 1450. The molecule has 0 radical (unpaired) electrons. The summed E-state index contributed by atoms with van der Waals surface area (Å²) in [6, 6.07) is 43.2. The first-order valence-corrected chi connectivity index (χ1v) is 12.5. The average Bonchev–Trinajstić information content (AvgIpc) is 3.00. The fourth-order valence-corrected chi connectivity index (χ4v) is 4.17. The molecule has 0 saturated carbocycles. The Morgan fingerprint density at radius 3 is 1.03 bits per heavy atom. The molecule has 2 nitrogen and oxygen atoms in total. The van der Waals surface area contributed by atoms with Crippen LogP contribution in [0, 0.1) is 0 Å². The van der Waals surface area contributed by atoms with Crippen molar-refractivity contribution in [1.82, 2.24) is 0 Å². The predicted octanol–water partition coefficient (Wildman–Crippen LogP) is 8.81. The SMILES string of the molecule is O=C(C=Cc1ccc(C=CC(=O)c2ccc(-c3ccccc3)cc2)cc1)c1ccc(-c2ccccc2)cc1. The lowest BCUT2D eigenvalue weighted by Gasteiger charge is -2.03. The molecule has 182 valence electrons. The van der Waals surface area contributed by atoms with Gasteiger partial charge >= 0.3 is 0 Å². The largest absolute Gasteiger partial charge is 0.289 e. The molecule has 2 heteroatoms. The third-order valence-corrected chi connectivity index (χ3v) is 6.34. The zero-order valence-electron chi connectivity index (χ0n) is 20.8. The summed E-state index contributed by atoms with van der Waals surface area (Å²) < 4.78 is 0. The molecule has 5 aromatic carbocycles. The Morgan fingerprint density at radius 2 is 0.684 bits per heavy atom. The smallest absolute Gasteiger partial charge is 0.185 e. The molecular weight excluding hydrogens is 464 g/mol. The molecule has 5 rings (SSSR count). The number of rotatable bonds is 8. The van der Waals surface area contributed by atoms with Crippen LogP contribution < -0.4 is 0 Å². The van der Waals surface area contributed by atoms with Crippen LogP contribution in [0.5, 0.6) is 0 Å². The van der Waals surface area contributed by atoms with E-state index in [2.05, 4.69) is 24.3 Å². The number of ketones is 2. The fourth-order valence-electron chi connectivity index (χ4n) is 4.17. The van der Waals surface area contributed by atoms with Crippen molar-refractivity contribution >= 4 is 23.7 Å². The normalized spacial score (nSPS) is 11.2. The van der Waals surface area contributed by atoms with Gasteiger partial charge in [-0.05, 0) is 45.5 Å². The van der Waals surface area contributed by atoms with Crippen molar-refractivity contribution in [3.63, 3.8) is 0 Å². The van der Waals surface area contributed by atoms with Crippen molar-refractivity contribution in [2.75, 3.05) is 0 Å². The average molecular weight is 491 g/mol. The van der Waals surface area contributed by atoms with Crippen LogP contribution in [0.1, 0.15) is 31.8 Å². The molecule has 0 unspecified atom stereocenters. The predicted molar refractivity (Wildman–Crippen MR) is 157 cm³/mol. The van der Waals surface area contributed by atoms with Gasteiger partial charge < -0.3 is 0 Å². The first-order valence-electron chi connectivity index (χ1n) is 12.5. The minimum absolute atomic E-state index is 0.0440. The van der Waals surface area contributed by atoms with Crippen LogP contribution in [0.25, 0.3) is 34.4 Å². The zero-order chi connectivity index (χ0) is 26.2. The summed E-state index contributed by atoms with van der Waals surface area (Å²) in [5.74, 6) is -0.0880. The second-order valence-electron chi connectivity index (χ2n) is 8.95. The zero-order valence-corrected chi connectivity index (χ0v) is 20.8. The number of hydrogen-bond acceptors (Lipinski definition) is 2. The molecule has 0 N–H and O–H groups in total. The summed E-state index contributed by atoms with van der Waals surface area (Å²) in [7, 11) is 0. The number of benzene rings is 5. The maximum atomic E-state index is 12.6. The van der Waals surface area contributed by atoms with Crippen LogP contribution >= 0.6 is 0 Å². The van der Waals surface area contributed by atoms with Gasteiger partial charge in [0.05, 0.1) is 0 Å². The van der Waals surface area contributed by atoms with Crippen molar-refractivity contribution < 1.29 is 9.59 Å². The topological polar surface area (TPSA) is 34.1 Å². The molecule has 0 spiro atoms. The van der Waals surface area contributed by atoms with Crippen LogP contribution in [-0.4, -0.2) is 11.6 Å². The Hall–Kier alpha value is -5.08. The van der Waals surface area contributed by atoms with E-state index >= 15 is 0 Å². The third kappa shape index (κ3) is 6.18. The minimum Gasteiger partial charge on any atom is -0.289 e. The first-order chi connectivity index (χ1) is 18.7. The molecule has 0 aliphatic heterocycles. The standard InChI is InChI=1S/C36H26O2/c37-35(33-21-17-31(18-22-33)29-7-3-1-4-8-29)25-15-27-11-13-28(14-12-27)16-26-36(38)34-23-19-32(20-24-34)30-9-5-2-6-10-30/h1-26H. The van der Waals surface area contributed by atoms with Crippen LogP contribution in [0.2, 0.25) is 0 Å². The van der Waals surface area contributed by atoms with Gasteiger partial charge in [0.1, 0.15) is 0 Å². The number of allylic oxidation sites excluding steroid dienone is 2. The van der Waals surface area contributed by atoms with E-state index in [1.54, 1.807) is 24.3 Å². The highest BCUT2D eigenvalue weighted by atomic mass is 16.1. The quantitative estimate of drug-likeness (QED) is 0.161. The van der Waals surface area contributed by atoms with Crippen molar-refractivity contribution in [1.29, 1.82) is 0 Å². The second kappa shape index (κ2) is 11.8. The molecular formula is C36H26O2. The number of carbonyl (C=O) groups is 2. The molecule has 0 aromatic heterocycles. The Morgan fingerprint density at radius 1 is 0.368 bits per heavy atom. The van der Waals surface area contributed by atoms with Crippen molar-refractivity contribution in [3.8, 4) is 22.3 Å². The summed E-state index contributed by atoms with van der Waals surface area (Å²) >= 11 is 0. The van der Waals surface area contributed by atoms with Gasteiger partial charge in [-0.15, -0.1) is 0 Å². The summed E-state index contributed by atoms with van der Waals surface area (Å²) in [5.41, 5.74) is 7.54. The van der Waals surface area contributed by atoms with Crippen LogP contribution in [0.15, 0.2) is 146 Å². The Kier molecular flexibility index (Phi) is 7.62. The van der Waals surface area contributed by atoms with E-state index in [9.17, 15) is 9.59 Å². The number of hydrogen-bond donors (Lipinski definition) is 0. The molecule has 0 aliphatic rings. The van der Waals surface area contributed by atoms with Crippen LogP contribution in [-0.2, 0) is 0 Å². The van der Waals surface area contributed by atoms with E-state index < -0.39 is 0 Å². The van der Waals surface area contributed by atoms with E-state index in [4.69, 9.17) is 0 Å². The highest BCUT2D eigenvalue weighted by Gasteiger charge is 2.04. The van der Waals surface area contributed by atoms with Crippen LogP contribution in [0.3, 0.4) is 0 Å². The molecule has 0 aliphatic carbocycles. The summed E-state index contributed by atoms with van der Waals surface area (Å²) in [6.45, 7) is 0. The molecule has 0 heterocycles. The molecule has 38 heavy (non-hydrogen) atoms. The lowest BCUT2D eigenvalue weighted by molar-refractivity contribution is 0.103. The highest BCUT2D eigenvalue weighted by Crippen LogP contribution is 2.21. The monoisotopic (exact) mass is 490 g/mol. The Labute approximate surface area is 223 Å². The van der Waals surface area contributed by atoms with E-state index in [-0.39, 0.29) is 11.6 Å². The molecule has 0 bridgehead atoms. The maximum absolute atomic E-state index is 12.6. The summed E-state index contributed by atoms with van der Waals surface area (Å²) in [4.78, 5) is 25.2. The summed E-state index contributed by atoms with van der Waals surface area (Å²) in [5, 5.41) is 0. The van der Waals surface area contributed by atoms with Crippen molar-refractivity contribution in [2.45, 2.75) is 0 Å². The fraction of sp³-hybridized carbons (Fsp3) is 0. The second-order valence-corrected chi connectivity index (χ2v) is 8.95. The van der Waals surface area contributed by atoms with E-state index in [1.807, 2.05) is 109 Å². The van der Waals surface area contributed by atoms with Gasteiger partial charge in [0.25, 0.3) is 0 Å². The molecule has 0 amide bonds. The van der Waals surface area contributed by atoms with Gasteiger partial charge in [0, 0.05) is 11.1 Å². The molecule has 5 aromatic rings. The van der Waals surface area contributed by atoms with E-state index in [0.29, 0.717) is 11.1 Å². The van der Waals surface area contributed by atoms with Gasteiger partial charge in [-0.1, -0.05) is 146 Å². The van der Waals surface area contributed by atoms with E-state index in [0.717, 1.165) is 33.4 Å². The molecule has 0 saturated heterocycles. The van der Waals surface area contributed by atoms with Gasteiger partial charge in [-0.2, -0.15) is 0 Å². The maximum Gasteiger partial charge on any atom is 0.185 e. The van der Waals surface area contributed by atoms with Crippen molar-refractivity contribution in [2.24, 2.45) is 0 Å². The minimum atomic E-state index is -0.0440. The lowest BCUT2D eigenvalue weighted by Crippen LogP contribution is -1.94. The van der Waals surface area contributed by atoms with Gasteiger partial charge in [-0.3, -0.25) is 9.59 Å². The molecule has 0 fully saturated rings. The third-order valence-electron chi connectivity index (χ3n) is 6.34. The lowest BCUT2D eigenvalue weighted by atomic mass is 10.0. The Balaban J connectivity index is 1.18. The van der Waals surface area contributed by atoms with E-state index in [1.165, 1.54) is 0 Å². The van der Waals surface area contributed by atoms with Crippen LogP contribution in [0.4, 0.5) is 0 Å². The molecule has 0 atom stereocenters. The first kappa shape index (κ1) is 24.6. The summed E-state index contributed by atoms with van der Waals surface area (Å²) in [6.07, 6.45) is 6.79. The van der Waals surface area contributed by atoms with Crippen molar-refractivity contribution in [3.05, 3.63) is 168 Å². The highest BCUT2D eigenvalue weighted by molar-refractivity contribution is 6.07. The van der Waals surface area contributed by atoms with Gasteiger partial charge in [0.15, 0.2) is 11.6 Å². The van der Waals surface area contributed by atoms with Gasteiger partial charge in [0.2, 0.25) is 0 Å². The van der Waals surface area contributed by atoms with Gasteiger partial charge in [-0.25, -0.2) is 0 Å². The number of carbonyl (C=O) groups excluding carboxylic acids is 2.